The molecule has 29 heavy (non-hydrogen) atoms. The number of phenolic OH excluding ortho intramolecular Hbond substituents is 1. The summed E-state index contributed by atoms with van der Waals surface area (Å²) in [6, 6.07) is 16.8. The van der Waals surface area contributed by atoms with E-state index in [0.717, 1.165) is 38.4 Å². The predicted octanol–water partition coefficient (Wildman–Crippen LogP) is 3.48. The van der Waals surface area contributed by atoms with Gasteiger partial charge in [-0.1, -0.05) is 42.0 Å². The first kappa shape index (κ1) is 20.5. The van der Waals surface area contributed by atoms with Crippen LogP contribution in [0, 0.1) is 0 Å². The average molecular weight is 393 g/mol. The first-order chi connectivity index (χ1) is 14.1. The van der Waals surface area contributed by atoms with E-state index >= 15 is 0 Å². The van der Waals surface area contributed by atoms with Crippen molar-refractivity contribution in [1.82, 2.24) is 10.2 Å². The zero-order valence-corrected chi connectivity index (χ0v) is 16.8. The van der Waals surface area contributed by atoms with E-state index in [1.165, 1.54) is 23.3 Å². The number of nitrogens with zero attached hydrogens (tertiary/aromatic N) is 2. The summed E-state index contributed by atoms with van der Waals surface area (Å²) in [4.78, 5) is 18.9. The van der Waals surface area contributed by atoms with Gasteiger partial charge in [0.2, 0.25) is 5.91 Å². The largest absolute Gasteiger partial charge is 0.508 e. The molecule has 0 unspecified atom stereocenters. The van der Waals surface area contributed by atoms with E-state index in [0.29, 0.717) is 5.69 Å². The van der Waals surface area contributed by atoms with Crippen molar-refractivity contribution in [1.29, 1.82) is 0 Å². The highest BCUT2D eigenvalue weighted by atomic mass is 16.3. The third kappa shape index (κ3) is 6.38. The molecule has 3 N–H and O–H groups in total. The van der Waals surface area contributed by atoms with Gasteiger partial charge < -0.3 is 20.6 Å². The van der Waals surface area contributed by atoms with Crippen LogP contribution in [0.4, 0.5) is 5.69 Å². The van der Waals surface area contributed by atoms with Crippen LogP contribution in [0.2, 0.25) is 0 Å². The van der Waals surface area contributed by atoms with Crippen LogP contribution in [0.25, 0.3) is 6.08 Å². The Morgan fingerprint density at radius 3 is 2.45 bits per heavy atom. The minimum atomic E-state index is -0.187. The normalized spacial score (nSPS) is 14.4. The summed E-state index contributed by atoms with van der Waals surface area (Å²) < 4.78 is 0. The van der Waals surface area contributed by atoms with E-state index in [-0.39, 0.29) is 18.2 Å². The molecule has 0 aromatic heterocycles. The van der Waals surface area contributed by atoms with Crippen molar-refractivity contribution < 1.29 is 9.90 Å². The maximum Gasteiger partial charge on any atom is 0.246 e. The maximum absolute atomic E-state index is 12.2. The lowest BCUT2D eigenvalue weighted by atomic mass is 10.0. The molecule has 0 radical (unpaired) electrons. The summed E-state index contributed by atoms with van der Waals surface area (Å²) in [5.41, 5.74) is 3.32. The lowest BCUT2D eigenvalue weighted by Gasteiger charge is -2.31. The van der Waals surface area contributed by atoms with Gasteiger partial charge >= 0.3 is 0 Å². The zero-order valence-electron chi connectivity index (χ0n) is 16.8. The van der Waals surface area contributed by atoms with Crippen LogP contribution < -0.4 is 10.6 Å². The molecule has 0 bridgehead atoms. The number of phenols is 1. The number of rotatable bonds is 5. The minimum Gasteiger partial charge on any atom is -0.508 e. The van der Waals surface area contributed by atoms with Gasteiger partial charge in [-0.2, -0.15) is 0 Å². The minimum absolute atomic E-state index is 0.0480. The second-order valence-corrected chi connectivity index (χ2v) is 6.97. The van der Waals surface area contributed by atoms with Gasteiger partial charge in [0.05, 0.1) is 0 Å². The van der Waals surface area contributed by atoms with E-state index < -0.39 is 0 Å². The van der Waals surface area contributed by atoms with Crippen molar-refractivity contribution in [3.05, 3.63) is 65.7 Å². The fourth-order valence-electron chi connectivity index (χ4n) is 3.25. The van der Waals surface area contributed by atoms with Gasteiger partial charge in [0.15, 0.2) is 5.96 Å². The second-order valence-electron chi connectivity index (χ2n) is 6.97. The molecule has 1 heterocycles. The fourth-order valence-corrected chi connectivity index (χ4v) is 3.25. The second kappa shape index (κ2) is 10.3. The van der Waals surface area contributed by atoms with Crippen molar-refractivity contribution in [3.8, 4) is 5.75 Å². The number of nitrogens with one attached hydrogen (secondary N) is 2. The van der Waals surface area contributed by atoms with Gasteiger partial charge in [-0.05, 0) is 49.6 Å². The van der Waals surface area contributed by atoms with E-state index in [1.54, 1.807) is 12.1 Å². The molecule has 0 atom stereocenters. The van der Waals surface area contributed by atoms with Crippen LogP contribution in [0.5, 0.6) is 5.75 Å². The number of likely N-dealkylation sites (tertiary alicyclic amines) is 1. The van der Waals surface area contributed by atoms with Crippen molar-refractivity contribution >= 4 is 23.6 Å². The number of benzene rings is 2. The van der Waals surface area contributed by atoms with Gasteiger partial charge in [-0.15, -0.1) is 0 Å². The molecule has 3 rings (SSSR count). The summed E-state index contributed by atoms with van der Waals surface area (Å²) in [6.07, 6.45) is 4.24. The SMILES string of the molecule is CCNC(=NCC(=O)Nc1ccc(O)cc1)N1CCC(=Cc2ccccc2)CC1. The molecule has 1 aliphatic heterocycles. The number of amides is 1. The number of guanidine groups is 1. The average Bonchev–Trinajstić information content (AvgIpc) is 2.74. The Morgan fingerprint density at radius 2 is 1.79 bits per heavy atom. The van der Waals surface area contributed by atoms with Crippen molar-refractivity contribution in [3.63, 3.8) is 0 Å². The molecule has 1 saturated heterocycles. The summed E-state index contributed by atoms with van der Waals surface area (Å²) in [5, 5.41) is 15.4. The third-order valence-electron chi connectivity index (χ3n) is 4.73. The van der Waals surface area contributed by atoms with Crippen LogP contribution in [0.1, 0.15) is 25.3 Å². The molecule has 1 aliphatic rings. The Kier molecular flexibility index (Phi) is 7.28. The van der Waals surface area contributed by atoms with Crippen molar-refractivity contribution in [2.45, 2.75) is 19.8 Å². The van der Waals surface area contributed by atoms with E-state index in [9.17, 15) is 9.90 Å². The Labute approximate surface area is 172 Å². The molecule has 2 aromatic carbocycles. The van der Waals surface area contributed by atoms with Crippen LogP contribution >= 0.6 is 0 Å². The number of aliphatic imine (C=N–C) groups is 1. The predicted molar refractivity (Wildman–Crippen MR) is 118 cm³/mol. The molecule has 0 saturated carbocycles. The molecule has 1 fully saturated rings. The quantitative estimate of drug-likeness (QED) is 0.414. The van der Waals surface area contributed by atoms with Gasteiger partial charge in [0.25, 0.3) is 0 Å². The fraction of sp³-hybridized carbons (Fsp3) is 0.304. The highest BCUT2D eigenvalue weighted by molar-refractivity contribution is 5.94. The first-order valence-electron chi connectivity index (χ1n) is 10.0. The molecule has 6 heteroatoms. The zero-order chi connectivity index (χ0) is 20.5. The molecule has 152 valence electrons. The Bertz CT molecular complexity index is 850. The summed E-state index contributed by atoms with van der Waals surface area (Å²) in [7, 11) is 0. The lowest BCUT2D eigenvalue weighted by molar-refractivity contribution is -0.114. The first-order valence-corrected chi connectivity index (χ1v) is 10.0. The Morgan fingerprint density at radius 1 is 1.10 bits per heavy atom. The van der Waals surface area contributed by atoms with Gasteiger partial charge in [-0.3, -0.25) is 4.79 Å². The van der Waals surface area contributed by atoms with E-state index in [1.807, 2.05) is 13.0 Å². The van der Waals surface area contributed by atoms with E-state index in [2.05, 4.69) is 50.9 Å². The van der Waals surface area contributed by atoms with Crippen LogP contribution in [0.3, 0.4) is 0 Å². The molecule has 0 spiro atoms. The van der Waals surface area contributed by atoms with Crippen LogP contribution in [-0.2, 0) is 4.79 Å². The van der Waals surface area contributed by atoms with Gasteiger partial charge in [0.1, 0.15) is 12.3 Å². The molecular weight excluding hydrogens is 364 g/mol. The summed E-state index contributed by atoms with van der Waals surface area (Å²) >= 11 is 0. The highest BCUT2D eigenvalue weighted by Crippen LogP contribution is 2.19. The van der Waals surface area contributed by atoms with Crippen molar-refractivity contribution in [2.24, 2.45) is 4.99 Å². The number of hydrogen-bond acceptors (Lipinski definition) is 3. The third-order valence-corrected chi connectivity index (χ3v) is 4.73. The summed E-state index contributed by atoms with van der Waals surface area (Å²) in [6.45, 7) is 4.58. The number of carbonyl (C=O) groups excluding carboxylic acids is 1. The van der Waals surface area contributed by atoms with Crippen molar-refractivity contribution in [2.75, 3.05) is 31.5 Å². The molecule has 0 aliphatic carbocycles. The molecule has 1 amide bonds. The van der Waals surface area contributed by atoms with E-state index in [4.69, 9.17) is 0 Å². The molecule has 6 nitrogen and oxygen atoms in total. The number of piperidine rings is 1. The summed E-state index contributed by atoms with van der Waals surface area (Å²) in [5.74, 6) is 0.751. The lowest BCUT2D eigenvalue weighted by Crippen LogP contribution is -2.44. The number of aromatic hydroxyl groups is 1. The number of anilines is 1. The van der Waals surface area contributed by atoms with Crippen LogP contribution in [0.15, 0.2) is 65.2 Å². The molecular formula is C23H28N4O2. The molecule has 2 aromatic rings. The monoisotopic (exact) mass is 392 g/mol. The number of hydrogen-bond donors (Lipinski definition) is 3. The standard InChI is InChI=1S/C23H28N4O2/c1-2-24-23(25-17-22(29)26-20-8-10-21(28)11-9-20)27-14-12-19(13-15-27)16-18-6-4-3-5-7-18/h3-11,16,28H,2,12-15,17H2,1H3,(H,24,25)(H,26,29). The topological polar surface area (TPSA) is 77.0 Å². The maximum atomic E-state index is 12.2. The van der Waals surface area contributed by atoms with Gasteiger partial charge in [-0.25, -0.2) is 4.99 Å². The Balaban J connectivity index is 1.56. The highest BCUT2D eigenvalue weighted by Gasteiger charge is 2.17. The van der Waals surface area contributed by atoms with Crippen LogP contribution in [-0.4, -0.2) is 48.1 Å². The Hall–Kier alpha value is -3.28. The number of carbonyl (C=O) groups is 1. The smallest absolute Gasteiger partial charge is 0.246 e. The van der Waals surface area contributed by atoms with Gasteiger partial charge in [0, 0.05) is 25.3 Å².